The Bertz CT molecular complexity index is 713. The number of hydrogen-bond acceptors (Lipinski definition) is 5. The van der Waals surface area contributed by atoms with Crippen molar-refractivity contribution < 1.29 is 14.4 Å². The van der Waals surface area contributed by atoms with Gasteiger partial charge in [-0.15, -0.1) is 0 Å². The molecular weight excluding hydrogens is 384 g/mol. The van der Waals surface area contributed by atoms with Gasteiger partial charge in [0.2, 0.25) is 0 Å². The highest BCUT2D eigenvalue weighted by atomic mass is 79.9. The van der Waals surface area contributed by atoms with Crippen LogP contribution in [0.1, 0.15) is 43.1 Å². The minimum atomic E-state index is -0.506. The number of nitrogens with zero attached hydrogens (tertiary/aromatic N) is 2. The highest BCUT2D eigenvalue weighted by Gasteiger charge is 2.20. The lowest BCUT2D eigenvalue weighted by Gasteiger charge is -2.19. The molecular formula is C19H21BrN2O3. The van der Waals surface area contributed by atoms with Gasteiger partial charge < -0.3 is 9.57 Å². The van der Waals surface area contributed by atoms with Crippen LogP contribution in [0, 0.1) is 0 Å². The fourth-order valence-electron chi connectivity index (χ4n) is 2.03. The molecule has 1 aliphatic heterocycles. The summed E-state index contributed by atoms with van der Waals surface area (Å²) in [5.74, 6) is -0.338. The second-order valence-electron chi connectivity index (χ2n) is 6.38. The van der Waals surface area contributed by atoms with Crippen LogP contribution in [0.5, 0.6) is 0 Å². The van der Waals surface area contributed by atoms with E-state index in [9.17, 15) is 4.79 Å². The maximum atomic E-state index is 12.1. The van der Waals surface area contributed by atoms with Gasteiger partial charge >= 0.3 is 5.97 Å². The first kappa shape index (κ1) is 19.1. The highest BCUT2D eigenvalue weighted by molar-refractivity contribution is 9.10. The summed E-state index contributed by atoms with van der Waals surface area (Å²) in [6.45, 7) is 6.12. The number of benzene rings is 1. The van der Waals surface area contributed by atoms with Crippen LogP contribution in [0.4, 0.5) is 0 Å². The molecule has 0 saturated heterocycles. The summed E-state index contributed by atoms with van der Waals surface area (Å²) in [5.41, 5.74) is 1.74. The van der Waals surface area contributed by atoms with E-state index in [1.807, 2.05) is 45.0 Å². The molecule has 1 aromatic heterocycles. The quantitative estimate of drug-likeness (QED) is 0.685. The van der Waals surface area contributed by atoms with E-state index in [1.54, 1.807) is 24.5 Å². The SMILES string of the molecule is CC(C)(C)OC(=O)c1cc(Br)cc(C2=NOCC2)c1.c1ccncc1. The molecule has 5 nitrogen and oxygen atoms in total. The van der Waals surface area contributed by atoms with Gasteiger partial charge in [-0.05, 0) is 51.1 Å². The van der Waals surface area contributed by atoms with Crippen LogP contribution in [0.15, 0.2) is 58.4 Å². The summed E-state index contributed by atoms with van der Waals surface area (Å²) in [5, 5.41) is 3.97. The number of carbonyl (C=O) groups excluding carboxylic acids is 1. The summed E-state index contributed by atoms with van der Waals surface area (Å²) < 4.78 is 6.19. The normalized spacial score (nSPS) is 13.2. The standard InChI is InChI=1S/C14H16BrNO3.C5H5N/c1-14(2,3)19-13(17)10-6-9(7-11(15)8-10)12-4-5-18-16-12;1-2-4-6-5-3-1/h6-8H,4-5H2,1-3H3;1-5H. The van der Waals surface area contributed by atoms with Gasteiger partial charge in [-0.25, -0.2) is 4.79 Å². The van der Waals surface area contributed by atoms with Gasteiger partial charge in [-0.1, -0.05) is 27.2 Å². The molecule has 0 bridgehead atoms. The van der Waals surface area contributed by atoms with Crippen LogP contribution in [0.3, 0.4) is 0 Å². The fourth-order valence-corrected chi connectivity index (χ4v) is 2.53. The number of pyridine rings is 1. The van der Waals surface area contributed by atoms with E-state index in [4.69, 9.17) is 9.57 Å². The third kappa shape index (κ3) is 6.66. The van der Waals surface area contributed by atoms with Crippen molar-refractivity contribution in [1.29, 1.82) is 0 Å². The molecule has 0 saturated carbocycles. The number of oxime groups is 1. The largest absolute Gasteiger partial charge is 0.456 e. The van der Waals surface area contributed by atoms with Gasteiger partial charge in [0.25, 0.3) is 0 Å². The number of carbonyl (C=O) groups is 1. The first-order valence-corrected chi connectivity index (χ1v) is 8.72. The Labute approximate surface area is 156 Å². The molecule has 1 aliphatic rings. The maximum Gasteiger partial charge on any atom is 0.338 e. The minimum absolute atomic E-state index is 0.338. The number of ether oxygens (including phenoxy) is 1. The van der Waals surface area contributed by atoms with Crippen molar-refractivity contribution in [2.24, 2.45) is 5.16 Å². The van der Waals surface area contributed by atoms with Crippen molar-refractivity contribution in [2.45, 2.75) is 32.8 Å². The second-order valence-corrected chi connectivity index (χ2v) is 7.29. The van der Waals surface area contributed by atoms with E-state index in [1.165, 1.54) is 0 Å². The van der Waals surface area contributed by atoms with Crippen molar-refractivity contribution >= 4 is 27.6 Å². The van der Waals surface area contributed by atoms with Crippen LogP contribution in [0.2, 0.25) is 0 Å². The molecule has 6 heteroatoms. The first-order valence-electron chi connectivity index (χ1n) is 7.93. The molecule has 2 aromatic rings. The lowest BCUT2D eigenvalue weighted by Crippen LogP contribution is -2.24. The first-order chi connectivity index (χ1) is 11.8. The zero-order chi connectivity index (χ0) is 18.3. The summed E-state index contributed by atoms with van der Waals surface area (Å²) in [7, 11) is 0. The molecule has 0 spiro atoms. The Morgan fingerprint density at radius 3 is 2.36 bits per heavy atom. The van der Waals surface area contributed by atoms with Crippen LogP contribution in [0.25, 0.3) is 0 Å². The lowest BCUT2D eigenvalue weighted by atomic mass is 10.0. The van der Waals surface area contributed by atoms with Crippen molar-refractivity contribution in [3.63, 3.8) is 0 Å². The summed E-state index contributed by atoms with van der Waals surface area (Å²) >= 11 is 3.40. The Morgan fingerprint density at radius 1 is 1.16 bits per heavy atom. The van der Waals surface area contributed by atoms with Crippen LogP contribution >= 0.6 is 15.9 Å². The second kappa shape index (κ2) is 8.76. The lowest BCUT2D eigenvalue weighted by molar-refractivity contribution is 0.00694. The number of hydrogen-bond donors (Lipinski definition) is 0. The van der Waals surface area contributed by atoms with E-state index in [0.717, 1.165) is 22.2 Å². The van der Waals surface area contributed by atoms with E-state index >= 15 is 0 Å². The number of halogens is 1. The number of aromatic nitrogens is 1. The Balaban J connectivity index is 0.000000316. The van der Waals surface area contributed by atoms with Gasteiger partial charge in [0, 0.05) is 28.9 Å². The third-order valence-electron chi connectivity index (χ3n) is 3.04. The van der Waals surface area contributed by atoms with Crippen LogP contribution in [-0.2, 0) is 9.57 Å². The van der Waals surface area contributed by atoms with Crippen molar-refractivity contribution in [3.05, 3.63) is 64.4 Å². The van der Waals surface area contributed by atoms with Crippen LogP contribution < -0.4 is 0 Å². The molecule has 0 aliphatic carbocycles. The summed E-state index contributed by atoms with van der Waals surface area (Å²) in [6.07, 6.45) is 4.25. The van der Waals surface area contributed by atoms with E-state index in [0.29, 0.717) is 12.2 Å². The topological polar surface area (TPSA) is 60.8 Å². The number of esters is 1. The third-order valence-corrected chi connectivity index (χ3v) is 3.49. The molecule has 0 N–H and O–H groups in total. The molecule has 2 heterocycles. The smallest absolute Gasteiger partial charge is 0.338 e. The monoisotopic (exact) mass is 404 g/mol. The molecule has 132 valence electrons. The van der Waals surface area contributed by atoms with Gasteiger partial charge in [-0.3, -0.25) is 4.98 Å². The zero-order valence-corrected chi connectivity index (χ0v) is 16.1. The highest BCUT2D eigenvalue weighted by Crippen LogP contribution is 2.21. The van der Waals surface area contributed by atoms with E-state index < -0.39 is 5.60 Å². The number of rotatable bonds is 2. The van der Waals surface area contributed by atoms with Crippen molar-refractivity contribution in [3.8, 4) is 0 Å². The molecule has 0 amide bonds. The molecule has 3 rings (SSSR count). The Kier molecular flexibility index (Phi) is 6.70. The van der Waals surface area contributed by atoms with Crippen molar-refractivity contribution in [2.75, 3.05) is 6.61 Å². The maximum absolute atomic E-state index is 12.1. The molecule has 0 fully saturated rings. The molecule has 0 unspecified atom stereocenters. The van der Waals surface area contributed by atoms with E-state index in [-0.39, 0.29) is 5.97 Å². The fraction of sp³-hybridized carbons (Fsp3) is 0.316. The van der Waals surface area contributed by atoms with E-state index in [2.05, 4.69) is 26.1 Å². The molecule has 1 aromatic carbocycles. The average molecular weight is 405 g/mol. The van der Waals surface area contributed by atoms with Gasteiger partial charge in [-0.2, -0.15) is 0 Å². The average Bonchev–Trinajstić information content (AvgIpc) is 3.09. The van der Waals surface area contributed by atoms with Gasteiger partial charge in [0.15, 0.2) is 0 Å². The minimum Gasteiger partial charge on any atom is -0.456 e. The van der Waals surface area contributed by atoms with Crippen LogP contribution in [-0.4, -0.2) is 28.9 Å². The van der Waals surface area contributed by atoms with Gasteiger partial charge in [0.05, 0.1) is 11.3 Å². The predicted molar refractivity (Wildman–Crippen MR) is 101 cm³/mol. The Morgan fingerprint density at radius 2 is 1.88 bits per heavy atom. The van der Waals surface area contributed by atoms with Crippen molar-refractivity contribution in [1.82, 2.24) is 4.98 Å². The van der Waals surface area contributed by atoms with Gasteiger partial charge in [0.1, 0.15) is 12.2 Å². The predicted octanol–water partition coefficient (Wildman–Crippen LogP) is 4.61. The Hall–Kier alpha value is -2.21. The summed E-state index contributed by atoms with van der Waals surface area (Å²) in [4.78, 5) is 20.8. The molecule has 25 heavy (non-hydrogen) atoms. The summed E-state index contributed by atoms with van der Waals surface area (Å²) in [6, 6.07) is 11.2. The molecule has 0 atom stereocenters. The molecule has 0 radical (unpaired) electrons. The zero-order valence-electron chi connectivity index (χ0n) is 14.5.